The first-order valence-corrected chi connectivity index (χ1v) is 7.11. The number of aromatic nitrogens is 1. The van der Waals surface area contributed by atoms with Crippen LogP contribution in [0.4, 0.5) is 0 Å². The summed E-state index contributed by atoms with van der Waals surface area (Å²) in [6.07, 6.45) is 2.89. The van der Waals surface area contributed by atoms with Crippen molar-refractivity contribution in [2.75, 3.05) is 6.54 Å². The zero-order chi connectivity index (χ0) is 12.8. The molecule has 3 nitrogen and oxygen atoms in total. The van der Waals surface area contributed by atoms with Gasteiger partial charge in [-0.05, 0) is 23.9 Å². The monoisotopic (exact) mass is 262 g/mol. The lowest BCUT2D eigenvalue weighted by atomic mass is 10.2. The summed E-state index contributed by atoms with van der Waals surface area (Å²) in [7, 11) is 0. The summed E-state index contributed by atoms with van der Waals surface area (Å²) in [6, 6.07) is 9.87. The molecule has 2 rings (SSSR count). The fraction of sp³-hybridized carbons (Fsp3) is 0.357. The van der Waals surface area contributed by atoms with E-state index in [1.54, 1.807) is 28.0 Å². The molecule has 2 aromatic rings. The number of nitrogens with one attached hydrogen (secondary N) is 1. The zero-order valence-electron chi connectivity index (χ0n) is 10.5. The van der Waals surface area contributed by atoms with Gasteiger partial charge in [-0.25, -0.2) is 0 Å². The SMILES string of the molecule is CCC(NCCn1ccccc1=O)c1cccs1. The second-order valence-electron chi connectivity index (χ2n) is 4.16. The van der Waals surface area contributed by atoms with E-state index in [0.717, 1.165) is 13.0 Å². The van der Waals surface area contributed by atoms with E-state index >= 15 is 0 Å². The van der Waals surface area contributed by atoms with E-state index in [9.17, 15) is 4.79 Å². The van der Waals surface area contributed by atoms with Gasteiger partial charge in [0.2, 0.25) is 0 Å². The number of rotatable bonds is 6. The maximum absolute atomic E-state index is 11.5. The molecule has 2 aromatic heterocycles. The van der Waals surface area contributed by atoms with Crippen LogP contribution in [0, 0.1) is 0 Å². The molecule has 0 aromatic carbocycles. The van der Waals surface area contributed by atoms with Gasteiger partial charge in [0.15, 0.2) is 0 Å². The molecule has 0 amide bonds. The third-order valence-electron chi connectivity index (χ3n) is 2.94. The lowest BCUT2D eigenvalue weighted by Crippen LogP contribution is -2.28. The Labute approximate surface area is 111 Å². The second kappa shape index (κ2) is 6.52. The van der Waals surface area contributed by atoms with E-state index in [1.165, 1.54) is 4.88 Å². The first kappa shape index (κ1) is 13.1. The molecule has 0 bridgehead atoms. The summed E-state index contributed by atoms with van der Waals surface area (Å²) in [4.78, 5) is 12.9. The average molecular weight is 262 g/mol. The predicted octanol–water partition coefficient (Wildman–Crippen LogP) is 2.65. The highest BCUT2D eigenvalue weighted by Crippen LogP contribution is 2.21. The molecule has 0 saturated heterocycles. The highest BCUT2D eigenvalue weighted by molar-refractivity contribution is 7.10. The van der Waals surface area contributed by atoms with Gasteiger partial charge in [-0.3, -0.25) is 4.79 Å². The topological polar surface area (TPSA) is 34.0 Å². The van der Waals surface area contributed by atoms with Gasteiger partial charge in [-0.2, -0.15) is 0 Å². The molecule has 2 heterocycles. The maximum Gasteiger partial charge on any atom is 0.250 e. The Morgan fingerprint density at radius 3 is 2.89 bits per heavy atom. The lowest BCUT2D eigenvalue weighted by molar-refractivity contribution is 0.493. The second-order valence-corrected chi connectivity index (χ2v) is 5.14. The van der Waals surface area contributed by atoms with Gasteiger partial charge in [0.25, 0.3) is 5.56 Å². The van der Waals surface area contributed by atoms with E-state index in [1.807, 2.05) is 12.3 Å². The third kappa shape index (κ3) is 3.31. The Kier molecular flexibility index (Phi) is 4.73. The maximum atomic E-state index is 11.5. The van der Waals surface area contributed by atoms with E-state index in [0.29, 0.717) is 12.6 Å². The van der Waals surface area contributed by atoms with Crippen LogP contribution in [0.3, 0.4) is 0 Å². The van der Waals surface area contributed by atoms with Crippen LogP contribution >= 0.6 is 11.3 Å². The molecule has 18 heavy (non-hydrogen) atoms. The number of pyridine rings is 1. The van der Waals surface area contributed by atoms with E-state index in [-0.39, 0.29) is 5.56 Å². The summed E-state index contributed by atoms with van der Waals surface area (Å²) in [6.45, 7) is 3.69. The predicted molar refractivity (Wildman–Crippen MR) is 76.1 cm³/mol. The highest BCUT2D eigenvalue weighted by atomic mass is 32.1. The summed E-state index contributed by atoms with van der Waals surface area (Å²) >= 11 is 1.77. The number of thiophene rings is 1. The van der Waals surface area contributed by atoms with Crippen molar-refractivity contribution >= 4 is 11.3 Å². The number of hydrogen-bond acceptors (Lipinski definition) is 3. The van der Waals surface area contributed by atoms with Gasteiger partial charge >= 0.3 is 0 Å². The van der Waals surface area contributed by atoms with Crippen molar-refractivity contribution in [3.05, 3.63) is 57.1 Å². The fourth-order valence-corrected chi connectivity index (χ4v) is 2.83. The normalized spacial score (nSPS) is 12.5. The minimum atomic E-state index is 0.0588. The molecule has 96 valence electrons. The molecule has 1 unspecified atom stereocenters. The standard InChI is InChI=1S/C14H18N2OS/c1-2-12(13-6-5-11-18-13)15-8-10-16-9-4-3-7-14(16)17/h3-7,9,11-12,15H,2,8,10H2,1H3. The molecule has 0 aliphatic carbocycles. The van der Waals surface area contributed by atoms with Crippen molar-refractivity contribution in [1.82, 2.24) is 9.88 Å². The molecular formula is C14H18N2OS. The van der Waals surface area contributed by atoms with Crippen LogP contribution in [0.2, 0.25) is 0 Å². The van der Waals surface area contributed by atoms with Gasteiger partial charge in [0.1, 0.15) is 0 Å². The summed E-state index contributed by atoms with van der Waals surface area (Å²) in [5.74, 6) is 0. The zero-order valence-corrected chi connectivity index (χ0v) is 11.3. The van der Waals surface area contributed by atoms with Crippen LogP contribution in [0.25, 0.3) is 0 Å². The molecule has 4 heteroatoms. The Bertz CT molecular complexity index is 519. The lowest BCUT2D eigenvalue weighted by Gasteiger charge is -2.15. The van der Waals surface area contributed by atoms with E-state index in [2.05, 4.69) is 29.8 Å². The molecule has 0 aliphatic heterocycles. The van der Waals surface area contributed by atoms with Crippen molar-refractivity contribution in [2.45, 2.75) is 25.9 Å². The molecule has 0 radical (unpaired) electrons. The van der Waals surface area contributed by atoms with Crippen molar-refractivity contribution in [3.63, 3.8) is 0 Å². The van der Waals surface area contributed by atoms with E-state index < -0.39 is 0 Å². The number of nitrogens with zero attached hydrogens (tertiary/aromatic N) is 1. The van der Waals surface area contributed by atoms with Crippen molar-refractivity contribution in [2.24, 2.45) is 0 Å². The van der Waals surface area contributed by atoms with Crippen LogP contribution in [0.5, 0.6) is 0 Å². The molecule has 1 N–H and O–H groups in total. The Balaban J connectivity index is 1.88. The quantitative estimate of drug-likeness (QED) is 0.868. The molecule has 0 fully saturated rings. The molecule has 0 aliphatic rings. The molecule has 1 atom stereocenters. The Hall–Kier alpha value is -1.39. The van der Waals surface area contributed by atoms with Crippen LogP contribution in [0.1, 0.15) is 24.3 Å². The fourth-order valence-electron chi connectivity index (χ4n) is 1.94. The van der Waals surface area contributed by atoms with E-state index in [4.69, 9.17) is 0 Å². The average Bonchev–Trinajstić information content (AvgIpc) is 2.90. The number of hydrogen-bond donors (Lipinski definition) is 1. The van der Waals surface area contributed by atoms with Gasteiger partial charge in [-0.15, -0.1) is 11.3 Å². The van der Waals surface area contributed by atoms with Crippen molar-refractivity contribution in [1.29, 1.82) is 0 Å². The molecular weight excluding hydrogens is 244 g/mol. The van der Waals surface area contributed by atoms with Crippen LogP contribution in [-0.4, -0.2) is 11.1 Å². The van der Waals surface area contributed by atoms with Crippen molar-refractivity contribution in [3.8, 4) is 0 Å². The smallest absolute Gasteiger partial charge is 0.250 e. The Morgan fingerprint density at radius 2 is 2.22 bits per heavy atom. The minimum absolute atomic E-state index is 0.0588. The van der Waals surface area contributed by atoms with Gasteiger partial charge in [-0.1, -0.05) is 19.1 Å². The third-order valence-corrected chi connectivity index (χ3v) is 3.92. The first-order chi connectivity index (χ1) is 8.81. The summed E-state index contributed by atoms with van der Waals surface area (Å²) in [5, 5.41) is 5.60. The van der Waals surface area contributed by atoms with Crippen molar-refractivity contribution < 1.29 is 0 Å². The van der Waals surface area contributed by atoms with Gasteiger partial charge in [0.05, 0.1) is 0 Å². The Morgan fingerprint density at radius 1 is 1.33 bits per heavy atom. The van der Waals surface area contributed by atoms with Crippen LogP contribution in [-0.2, 0) is 6.54 Å². The van der Waals surface area contributed by atoms with Crippen LogP contribution in [0.15, 0.2) is 46.7 Å². The summed E-state index contributed by atoms with van der Waals surface area (Å²) in [5.41, 5.74) is 0.0588. The molecule has 0 spiro atoms. The van der Waals surface area contributed by atoms with Gasteiger partial charge < -0.3 is 9.88 Å². The molecule has 0 saturated carbocycles. The minimum Gasteiger partial charge on any atom is -0.314 e. The summed E-state index contributed by atoms with van der Waals surface area (Å²) < 4.78 is 1.73. The first-order valence-electron chi connectivity index (χ1n) is 6.23. The highest BCUT2D eigenvalue weighted by Gasteiger charge is 2.08. The van der Waals surface area contributed by atoms with Crippen LogP contribution < -0.4 is 10.9 Å². The largest absolute Gasteiger partial charge is 0.314 e. The van der Waals surface area contributed by atoms with Gasteiger partial charge in [0, 0.05) is 36.3 Å².